The standard InChI is InChI=1S/C19H25NO3/c1-12(18-10-14-3-4-16(18)9-14)20-19(22)11-23-17-7-5-15(6-8-17)13(2)21/h5-8,12,14,16,18H,3-4,9-11H2,1-2H3,(H,20,22)/t12-,14+,16+,18+/m1/s1. The summed E-state index contributed by atoms with van der Waals surface area (Å²) in [5, 5.41) is 3.09. The van der Waals surface area contributed by atoms with Crippen LogP contribution in [0.2, 0.25) is 0 Å². The van der Waals surface area contributed by atoms with E-state index in [0.717, 1.165) is 11.8 Å². The number of ether oxygens (including phenoxy) is 1. The van der Waals surface area contributed by atoms with Gasteiger partial charge in [-0.15, -0.1) is 0 Å². The molecule has 1 aromatic rings. The fraction of sp³-hybridized carbons (Fsp3) is 0.579. The van der Waals surface area contributed by atoms with Crippen molar-refractivity contribution in [2.75, 3.05) is 6.61 Å². The first-order valence-electron chi connectivity index (χ1n) is 8.56. The number of rotatable bonds is 6. The van der Waals surface area contributed by atoms with Crippen molar-refractivity contribution in [2.24, 2.45) is 17.8 Å². The predicted octanol–water partition coefficient (Wildman–Crippen LogP) is 3.21. The van der Waals surface area contributed by atoms with Gasteiger partial charge in [0.15, 0.2) is 12.4 Å². The number of carbonyl (C=O) groups excluding carboxylic acids is 2. The fourth-order valence-electron chi connectivity index (χ4n) is 4.24. The van der Waals surface area contributed by atoms with Crippen LogP contribution in [0.25, 0.3) is 0 Å². The predicted molar refractivity (Wildman–Crippen MR) is 88.5 cm³/mol. The van der Waals surface area contributed by atoms with Crippen LogP contribution in [0.3, 0.4) is 0 Å². The van der Waals surface area contributed by atoms with E-state index >= 15 is 0 Å². The van der Waals surface area contributed by atoms with Crippen LogP contribution in [0, 0.1) is 17.8 Å². The zero-order valence-electron chi connectivity index (χ0n) is 13.9. The van der Waals surface area contributed by atoms with E-state index in [1.165, 1.54) is 32.6 Å². The third-order valence-electron chi connectivity index (χ3n) is 5.45. The monoisotopic (exact) mass is 315 g/mol. The van der Waals surface area contributed by atoms with Gasteiger partial charge in [0, 0.05) is 11.6 Å². The summed E-state index contributed by atoms with van der Waals surface area (Å²) in [6, 6.07) is 7.11. The van der Waals surface area contributed by atoms with Gasteiger partial charge in [-0.2, -0.15) is 0 Å². The highest BCUT2D eigenvalue weighted by atomic mass is 16.5. The molecule has 0 saturated heterocycles. The Morgan fingerprint density at radius 3 is 2.52 bits per heavy atom. The molecule has 0 spiro atoms. The lowest BCUT2D eigenvalue weighted by molar-refractivity contribution is -0.124. The van der Waals surface area contributed by atoms with Gasteiger partial charge in [0.2, 0.25) is 0 Å². The molecular formula is C19H25NO3. The van der Waals surface area contributed by atoms with Crippen molar-refractivity contribution in [1.29, 1.82) is 0 Å². The summed E-state index contributed by atoms with van der Waals surface area (Å²) in [5.41, 5.74) is 0.645. The van der Waals surface area contributed by atoms with Crippen LogP contribution in [-0.2, 0) is 4.79 Å². The van der Waals surface area contributed by atoms with E-state index in [0.29, 0.717) is 17.2 Å². The van der Waals surface area contributed by atoms with Crippen molar-refractivity contribution in [2.45, 2.75) is 45.6 Å². The minimum Gasteiger partial charge on any atom is -0.484 e. The van der Waals surface area contributed by atoms with Crippen molar-refractivity contribution < 1.29 is 14.3 Å². The summed E-state index contributed by atoms with van der Waals surface area (Å²) >= 11 is 0. The molecule has 4 atom stereocenters. The van der Waals surface area contributed by atoms with Crippen LogP contribution in [0.4, 0.5) is 0 Å². The lowest BCUT2D eigenvalue weighted by Gasteiger charge is -2.28. The average molecular weight is 315 g/mol. The zero-order chi connectivity index (χ0) is 16.4. The first-order valence-corrected chi connectivity index (χ1v) is 8.56. The Hall–Kier alpha value is -1.84. The van der Waals surface area contributed by atoms with Gasteiger partial charge in [0.25, 0.3) is 5.91 Å². The molecule has 2 saturated carbocycles. The number of hydrogen-bond donors (Lipinski definition) is 1. The second-order valence-corrected chi connectivity index (χ2v) is 7.06. The molecular weight excluding hydrogens is 290 g/mol. The average Bonchev–Trinajstić information content (AvgIpc) is 3.16. The molecule has 0 aromatic heterocycles. The van der Waals surface area contributed by atoms with Crippen LogP contribution >= 0.6 is 0 Å². The maximum absolute atomic E-state index is 12.1. The number of amides is 1. The SMILES string of the molecule is CC(=O)c1ccc(OCC(=O)N[C@H](C)[C@@H]2C[C@H]3CC[C@H]2C3)cc1. The maximum Gasteiger partial charge on any atom is 0.258 e. The summed E-state index contributed by atoms with van der Waals surface area (Å²) in [6.07, 6.45) is 5.32. The Morgan fingerprint density at radius 1 is 1.22 bits per heavy atom. The van der Waals surface area contributed by atoms with Crippen molar-refractivity contribution in [3.05, 3.63) is 29.8 Å². The molecule has 0 unspecified atom stereocenters. The smallest absolute Gasteiger partial charge is 0.258 e. The van der Waals surface area contributed by atoms with E-state index in [9.17, 15) is 9.59 Å². The number of hydrogen-bond acceptors (Lipinski definition) is 3. The van der Waals surface area contributed by atoms with Gasteiger partial charge in [-0.05, 0) is 75.1 Å². The quantitative estimate of drug-likeness (QED) is 0.820. The summed E-state index contributed by atoms with van der Waals surface area (Å²) in [7, 11) is 0. The number of carbonyl (C=O) groups is 2. The molecule has 4 heteroatoms. The van der Waals surface area contributed by atoms with E-state index in [1.807, 2.05) is 0 Å². The third kappa shape index (κ3) is 3.74. The molecule has 2 aliphatic rings. The van der Waals surface area contributed by atoms with Gasteiger partial charge in [0.05, 0.1) is 0 Å². The summed E-state index contributed by atoms with van der Waals surface area (Å²) in [4.78, 5) is 23.3. The minimum atomic E-state index is -0.0732. The van der Waals surface area contributed by atoms with Crippen molar-refractivity contribution >= 4 is 11.7 Å². The van der Waals surface area contributed by atoms with Gasteiger partial charge < -0.3 is 10.1 Å². The summed E-state index contributed by atoms with van der Waals surface area (Å²) in [5.74, 6) is 2.88. The van der Waals surface area contributed by atoms with Crippen LogP contribution in [-0.4, -0.2) is 24.3 Å². The van der Waals surface area contributed by atoms with Crippen molar-refractivity contribution in [3.63, 3.8) is 0 Å². The highest BCUT2D eigenvalue weighted by Crippen LogP contribution is 2.49. The largest absolute Gasteiger partial charge is 0.484 e. The summed E-state index contributed by atoms with van der Waals surface area (Å²) in [6.45, 7) is 3.66. The van der Waals surface area contributed by atoms with E-state index < -0.39 is 0 Å². The van der Waals surface area contributed by atoms with E-state index in [4.69, 9.17) is 4.74 Å². The molecule has 124 valence electrons. The van der Waals surface area contributed by atoms with Gasteiger partial charge in [-0.1, -0.05) is 6.42 Å². The molecule has 2 aliphatic carbocycles. The van der Waals surface area contributed by atoms with Crippen LogP contribution in [0.1, 0.15) is 49.9 Å². The van der Waals surface area contributed by atoms with Gasteiger partial charge in [0.1, 0.15) is 5.75 Å². The molecule has 23 heavy (non-hydrogen) atoms. The highest BCUT2D eigenvalue weighted by molar-refractivity contribution is 5.94. The first kappa shape index (κ1) is 16.0. The first-order chi connectivity index (χ1) is 11.0. The molecule has 1 amide bonds. The molecule has 0 heterocycles. The second-order valence-electron chi connectivity index (χ2n) is 7.06. The van der Waals surface area contributed by atoms with Crippen molar-refractivity contribution in [3.8, 4) is 5.75 Å². The van der Waals surface area contributed by atoms with Crippen LogP contribution < -0.4 is 10.1 Å². The van der Waals surface area contributed by atoms with Gasteiger partial charge in [-0.3, -0.25) is 9.59 Å². The molecule has 0 aliphatic heterocycles. The van der Waals surface area contributed by atoms with Crippen LogP contribution in [0.15, 0.2) is 24.3 Å². The van der Waals surface area contributed by atoms with Crippen molar-refractivity contribution in [1.82, 2.24) is 5.32 Å². The molecule has 1 aromatic carbocycles. The minimum absolute atomic E-state index is 0.0184. The fourth-order valence-corrected chi connectivity index (χ4v) is 4.24. The van der Waals surface area contributed by atoms with E-state index in [1.54, 1.807) is 24.3 Å². The topological polar surface area (TPSA) is 55.4 Å². The van der Waals surface area contributed by atoms with Gasteiger partial charge >= 0.3 is 0 Å². The number of nitrogens with one attached hydrogen (secondary N) is 1. The van der Waals surface area contributed by atoms with Crippen LogP contribution in [0.5, 0.6) is 5.75 Å². The lowest BCUT2D eigenvalue weighted by Crippen LogP contribution is -2.42. The van der Waals surface area contributed by atoms with E-state index in [-0.39, 0.29) is 24.3 Å². The number of fused-ring (bicyclic) bond motifs is 2. The Kier molecular flexibility index (Phi) is 4.69. The lowest BCUT2D eigenvalue weighted by atomic mass is 9.84. The number of Topliss-reactive ketones (excluding diaryl/α,β-unsaturated/α-hetero) is 1. The Morgan fingerprint density at radius 2 is 1.96 bits per heavy atom. The zero-order valence-corrected chi connectivity index (χ0v) is 13.9. The maximum atomic E-state index is 12.1. The normalized spacial score (nSPS) is 26.8. The van der Waals surface area contributed by atoms with E-state index in [2.05, 4.69) is 12.2 Å². The third-order valence-corrected chi connectivity index (χ3v) is 5.45. The second kappa shape index (κ2) is 6.73. The molecule has 2 bridgehead atoms. The number of ketones is 1. The highest BCUT2D eigenvalue weighted by Gasteiger charge is 2.42. The number of benzene rings is 1. The van der Waals surface area contributed by atoms with Gasteiger partial charge in [-0.25, -0.2) is 0 Å². The Labute approximate surface area is 137 Å². The molecule has 1 N–H and O–H groups in total. The molecule has 4 nitrogen and oxygen atoms in total. The molecule has 3 rings (SSSR count). The summed E-state index contributed by atoms with van der Waals surface area (Å²) < 4.78 is 5.50. The Balaban J connectivity index is 1.45. The molecule has 2 fully saturated rings. The Bertz CT molecular complexity index is 581. The molecule has 0 radical (unpaired) electrons.